The molecule has 0 unspecified atom stereocenters. The van der Waals surface area contributed by atoms with Gasteiger partial charge in [-0.15, -0.1) is 10.2 Å². The van der Waals surface area contributed by atoms with E-state index < -0.39 is 5.92 Å². The molecule has 0 atom stereocenters. The molecule has 0 N–H and O–H groups in total. The molecular formula is C16H21F2N9. The van der Waals surface area contributed by atoms with Crippen LogP contribution in [-0.2, 0) is 20.0 Å². The van der Waals surface area contributed by atoms with E-state index in [0.717, 1.165) is 12.8 Å². The number of nitrogens with zero attached hydrogens (tertiary/aromatic N) is 9. The molecule has 9 nitrogen and oxygen atoms in total. The molecule has 1 saturated heterocycles. The van der Waals surface area contributed by atoms with Crippen molar-refractivity contribution in [3.05, 3.63) is 18.0 Å². The summed E-state index contributed by atoms with van der Waals surface area (Å²) in [5.74, 6) is -0.980. The first kappa shape index (κ1) is 17.7. The molecule has 1 aliphatic rings. The van der Waals surface area contributed by atoms with Crippen molar-refractivity contribution in [2.24, 2.45) is 7.05 Å². The molecule has 1 aliphatic heterocycles. The topological polar surface area (TPSA) is 90.4 Å². The van der Waals surface area contributed by atoms with E-state index in [1.54, 1.807) is 16.6 Å². The second-order valence-corrected chi connectivity index (χ2v) is 6.80. The zero-order chi connectivity index (χ0) is 19.0. The van der Waals surface area contributed by atoms with Crippen molar-refractivity contribution in [3.63, 3.8) is 0 Å². The highest BCUT2D eigenvalue weighted by atomic mass is 19.3. The number of hydrogen-bond acceptors (Lipinski definition) is 7. The molecule has 0 aromatic carbocycles. The average Bonchev–Trinajstić information content (AvgIpc) is 3.31. The lowest BCUT2D eigenvalue weighted by Gasteiger charge is -2.17. The number of unbranched alkanes of at least 4 members (excludes halogenated alkanes) is 1. The smallest absolute Gasteiger partial charge is 0.266 e. The zero-order valence-corrected chi connectivity index (χ0v) is 15.3. The Morgan fingerprint density at radius 3 is 2.74 bits per heavy atom. The van der Waals surface area contributed by atoms with Crippen molar-refractivity contribution in [1.82, 2.24) is 39.7 Å². The third kappa shape index (κ3) is 3.58. The Hall–Kier alpha value is -2.72. The lowest BCUT2D eigenvalue weighted by molar-refractivity contribution is 0.0257. The fraction of sp³-hybridized carbons (Fsp3) is 0.625. The first-order valence-electron chi connectivity index (χ1n) is 9.02. The first-order chi connectivity index (χ1) is 12.9. The molecule has 0 saturated carbocycles. The Morgan fingerprint density at radius 1 is 1.22 bits per heavy atom. The molecule has 27 heavy (non-hydrogen) atoms. The molecular weight excluding hydrogens is 356 g/mol. The van der Waals surface area contributed by atoms with Crippen LogP contribution in [0.3, 0.4) is 0 Å². The highest BCUT2D eigenvalue weighted by molar-refractivity contribution is 5.82. The van der Waals surface area contributed by atoms with Gasteiger partial charge in [-0.05, 0) is 6.42 Å². The van der Waals surface area contributed by atoms with Crippen molar-refractivity contribution < 1.29 is 8.78 Å². The molecule has 0 amide bonds. The van der Waals surface area contributed by atoms with Crippen LogP contribution in [0.1, 0.15) is 37.8 Å². The van der Waals surface area contributed by atoms with Gasteiger partial charge in [-0.3, -0.25) is 4.68 Å². The standard InChI is InChI=1S/C16H21F2N9/c1-3-4-5-11-21-14-13(15(22-11)26-7-6-16(17,18)9-26)23-27(24-14)8-12-19-10-20-25(12)2/h10H,3-9H2,1-2H3. The van der Waals surface area contributed by atoms with Crippen LogP contribution < -0.4 is 4.90 Å². The van der Waals surface area contributed by atoms with Gasteiger partial charge in [0.25, 0.3) is 5.92 Å². The predicted octanol–water partition coefficient (Wildman–Crippen LogP) is 1.59. The SMILES string of the molecule is CCCCc1nc(N2CCC(F)(F)C2)c2nn(Cc3ncnn3C)nc2n1. The van der Waals surface area contributed by atoms with E-state index in [-0.39, 0.29) is 19.5 Å². The number of aryl methyl sites for hydroxylation is 2. The van der Waals surface area contributed by atoms with Crippen LogP contribution in [0.25, 0.3) is 11.2 Å². The second-order valence-electron chi connectivity index (χ2n) is 6.80. The summed E-state index contributed by atoms with van der Waals surface area (Å²) in [6, 6.07) is 0. The predicted molar refractivity (Wildman–Crippen MR) is 93.6 cm³/mol. The molecule has 0 bridgehead atoms. The Kier molecular flexibility index (Phi) is 4.44. The number of aromatic nitrogens is 8. The molecule has 0 spiro atoms. The van der Waals surface area contributed by atoms with E-state index in [1.165, 1.54) is 11.1 Å². The van der Waals surface area contributed by atoms with Crippen molar-refractivity contribution in [2.75, 3.05) is 18.0 Å². The molecule has 144 valence electrons. The minimum atomic E-state index is -2.71. The van der Waals surface area contributed by atoms with E-state index >= 15 is 0 Å². The Morgan fingerprint density at radius 2 is 2.07 bits per heavy atom. The Balaban J connectivity index is 1.73. The quantitative estimate of drug-likeness (QED) is 0.644. The molecule has 1 fully saturated rings. The van der Waals surface area contributed by atoms with E-state index in [0.29, 0.717) is 41.6 Å². The number of rotatable bonds is 6. The Bertz CT molecular complexity index is 949. The minimum absolute atomic E-state index is 0.185. The summed E-state index contributed by atoms with van der Waals surface area (Å²) >= 11 is 0. The van der Waals surface area contributed by atoms with Crippen LogP contribution in [0, 0.1) is 0 Å². The first-order valence-corrected chi connectivity index (χ1v) is 9.02. The third-order valence-electron chi connectivity index (χ3n) is 4.63. The van der Waals surface area contributed by atoms with Crippen molar-refractivity contribution in [2.45, 2.75) is 45.1 Å². The highest BCUT2D eigenvalue weighted by Crippen LogP contribution is 2.32. The van der Waals surface area contributed by atoms with E-state index in [9.17, 15) is 8.78 Å². The van der Waals surface area contributed by atoms with Crippen LogP contribution in [0.5, 0.6) is 0 Å². The number of anilines is 1. The van der Waals surface area contributed by atoms with Gasteiger partial charge >= 0.3 is 0 Å². The summed E-state index contributed by atoms with van der Waals surface area (Å²) < 4.78 is 29.1. The molecule has 3 aromatic heterocycles. The summed E-state index contributed by atoms with van der Waals surface area (Å²) in [5.41, 5.74) is 0.860. The van der Waals surface area contributed by atoms with Gasteiger partial charge in [0.1, 0.15) is 24.5 Å². The maximum absolute atomic E-state index is 13.7. The summed E-state index contributed by atoms with van der Waals surface area (Å²) in [6.07, 6.45) is 3.88. The van der Waals surface area contributed by atoms with Crippen LogP contribution >= 0.6 is 0 Å². The van der Waals surface area contributed by atoms with Gasteiger partial charge in [0.15, 0.2) is 11.3 Å². The summed E-state index contributed by atoms with van der Waals surface area (Å²) in [6.45, 7) is 2.27. The summed E-state index contributed by atoms with van der Waals surface area (Å²) in [5, 5.41) is 12.9. The van der Waals surface area contributed by atoms with E-state index in [4.69, 9.17) is 0 Å². The number of alkyl halides is 2. The van der Waals surface area contributed by atoms with Crippen molar-refractivity contribution in [3.8, 4) is 0 Å². The summed E-state index contributed by atoms with van der Waals surface area (Å²) in [4.78, 5) is 16.2. The van der Waals surface area contributed by atoms with Crippen molar-refractivity contribution >= 4 is 17.0 Å². The van der Waals surface area contributed by atoms with Crippen LogP contribution in [0.2, 0.25) is 0 Å². The van der Waals surface area contributed by atoms with E-state index in [1.807, 2.05) is 0 Å². The highest BCUT2D eigenvalue weighted by Gasteiger charge is 2.40. The lowest BCUT2D eigenvalue weighted by atomic mass is 10.2. The fourth-order valence-electron chi connectivity index (χ4n) is 3.13. The largest absolute Gasteiger partial charge is 0.348 e. The van der Waals surface area contributed by atoms with Gasteiger partial charge in [0.05, 0.1) is 6.54 Å². The molecule has 0 aliphatic carbocycles. The fourth-order valence-corrected chi connectivity index (χ4v) is 3.13. The average molecular weight is 377 g/mol. The Labute approximate surface area is 154 Å². The van der Waals surface area contributed by atoms with Crippen molar-refractivity contribution in [1.29, 1.82) is 0 Å². The van der Waals surface area contributed by atoms with Gasteiger partial charge in [0, 0.05) is 26.4 Å². The van der Waals surface area contributed by atoms with Gasteiger partial charge in [-0.1, -0.05) is 13.3 Å². The molecule has 0 radical (unpaired) electrons. The summed E-state index contributed by atoms with van der Waals surface area (Å²) in [7, 11) is 1.78. The second kappa shape index (κ2) is 6.78. The van der Waals surface area contributed by atoms with Gasteiger partial charge in [-0.25, -0.2) is 23.7 Å². The molecule has 4 heterocycles. The minimum Gasteiger partial charge on any atom is -0.348 e. The maximum Gasteiger partial charge on any atom is 0.266 e. The maximum atomic E-state index is 13.7. The van der Waals surface area contributed by atoms with E-state index in [2.05, 4.69) is 37.2 Å². The lowest BCUT2D eigenvalue weighted by Crippen LogP contribution is -2.26. The number of halogens is 2. The zero-order valence-electron chi connectivity index (χ0n) is 15.3. The monoisotopic (exact) mass is 377 g/mol. The number of hydrogen-bond donors (Lipinski definition) is 0. The van der Waals surface area contributed by atoms with Gasteiger partial charge < -0.3 is 4.90 Å². The number of fused-ring (bicyclic) bond motifs is 1. The van der Waals surface area contributed by atoms with Gasteiger partial charge in [-0.2, -0.15) is 9.90 Å². The van der Waals surface area contributed by atoms with Crippen LogP contribution in [0.15, 0.2) is 6.33 Å². The van der Waals surface area contributed by atoms with Crippen LogP contribution in [0.4, 0.5) is 14.6 Å². The third-order valence-corrected chi connectivity index (χ3v) is 4.63. The normalized spacial score (nSPS) is 16.5. The molecule has 3 aromatic rings. The molecule has 11 heteroatoms. The van der Waals surface area contributed by atoms with Crippen LogP contribution in [-0.4, -0.2) is 58.7 Å². The van der Waals surface area contributed by atoms with Gasteiger partial charge in [0.2, 0.25) is 5.65 Å². The molecule has 4 rings (SSSR count).